The summed E-state index contributed by atoms with van der Waals surface area (Å²) in [6, 6.07) is 2.51. The van der Waals surface area contributed by atoms with Crippen LogP contribution in [-0.2, 0) is 0 Å². The van der Waals surface area contributed by atoms with Crippen LogP contribution in [0.1, 0.15) is 39.0 Å². The van der Waals surface area contributed by atoms with E-state index in [0.717, 1.165) is 37.4 Å². The zero-order valence-corrected chi connectivity index (χ0v) is 11.6. The van der Waals surface area contributed by atoms with Crippen LogP contribution in [0.5, 0.6) is 0 Å². The van der Waals surface area contributed by atoms with Crippen LogP contribution >= 0.6 is 11.8 Å². The number of nitrogens with zero attached hydrogens (tertiary/aromatic N) is 2. The number of rotatable bonds is 5. The minimum absolute atomic E-state index is 0.321. The molecular weight excluding hydrogens is 244 g/mol. The maximum atomic E-state index is 9.47. The first-order chi connectivity index (χ1) is 8.78. The first-order valence-corrected chi connectivity index (χ1v) is 7.48. The highest BCUT2D eigenvalue weighted by Gasteiger charge is 2.36. The van der Waals surface area contributed by atoms with E-state index < -0.39 is 0 Å². The van der Waals surface area contributed by atoms with Gasteiger partial charge in [-0.15, -0.1) is 0 Å². The highest BCUT2D eigenvalue weighted by molar-refractivity contribution is 7.99. The lowest BCUT2D eigenvalue weighted by Crippen LogP contribution is -2.48. The first-order valence-electron chi connectivity index (χ1n) is 6.60. The number of nitrogens with one attached hydrogen (secondary N) is 2. The van der Waals surface area contributed by atoms with Crippen LogP contribution in [0.15, 0.2) is 17.6 Å². The van der Waals surface area contributed by atoms with Crippen LogP contribution < -0.4 is 5.32 Å². The molecule has 1 fully saturated rings. The summed E-state index contributed by atoms with van der Waals surface area (Å²) in [5.41, 5.74) is -0.321. The fourth-order valence-corrected chi connectivity index (χ4v) is 3.69. The normalized spacial score (nSPS) is 27.9. The molecule has 2 unspecified atom stereocenters. The lowest BCUT2D eigenvalue weighted by Gasteiger charge is -2.35. The number of nitriles is 1. The molecule has 1 aromatic heterocycles. The summed E-state index contributed by atoms with van der Waals surface area (Å²) in [6.45, 7) is 3.06. The van der Waals surface area contributed by atoms with Crippen LogP contribution in [0.25, 0.3) is 0 Å². The van der Waals surface area contributed by atoms with Crippen molar-refractivity contribution in [3.8, 4) is 6.07 Å². The van der Waals surface area contributed by atoms with E-state index in [1.165, 1.54) is 6.42 Å². The summed E-state index contributed by atoms with van der Waals surface area (Å²) in [6.07, 6.45) is 8.86. The van der Waals surface area contributed by atoms with Gasteiger partial charge in [0.25, 0.3) is 0 Å². The van der Waals surface area contributed by atoms with Gasteiger partial charge in [-0.2, -0.15) is 5.26 Å². The molecule has 0 aromatic carbocycles. The van der Waals surface area contributed by atoms with E-state index in [9.17, 15) is 5.26 Å². The zero-order valence-electron chi connectivity index (χ0n) is 10.8. The average molecular weight is 264 g/mol. The van der Waals surface area contributed by atoms with Crippen molar-refractivity contribution in [1.29, 1.82) is 5.26 Å². The first kappa shape index (κ1) is 13.4. The minimum Gasteiger partial charge on any atom is -0.340 e. The molecule has 1 heterocycles. The Bertz CT molecular complexity index is 398. The van der Waals surface area contributed by atoms with Gasteiger partial charge in [-0.25, -0.2) is 4.98 Å². The molecule has 4 nitrogen and oxygen atoms in total. The molecule has 2 N–H and O–H groups in total. The van der Waals surface area contributed by atoms with Crippen molar-refractivity contribution in [2.45, 2.75) is 55.0 Å². The predicted molar refractivity (Wildman–Crippen MR) is 73.3 cm³/mol. The van der Waals surface area contributed by atoms with E-state index in [0.29, 0.717) is 5.25 Å². The Morgan fingerprint density at radius 3 is 3.28 bits per heavy atom. The Hall–Kier alpha value is -0.990. The highest BCUT2D eigenvalue weighted by atomic mass is 32.2. The molecule has 0 radical (unpaired) electrons. The molecule has 1 aliphatic carbocycles. The number of aromatic nitrogens is 2. The molecule has 0 saturated heterocycles. The van der Waals surface area contributed by atoms with Gasteiger partial charge in [0.15, 0.2) is 5.16 Å². The second-order valence-corrected chi connectivity index (χ2v) is 6.14. The van der Waals surface area contributed by atoms with E-state index >= 15 is 0 Å². The van der Waals surface area contributed by atoms with Crippen molar-refractivity contribution in [3.63, 3.8) is 0 Å². The number of imidazole rings is 1. The summed E-state index contributed by atoms with van der Waals surface area (Å²) in [4.78, 5) is 7.37. The molecule has 2 atom stereocenters. The monoisotopic (exact) mass is 264 g/mol. The SMILES string of the molecule is CCCNC1(C#N)CCCC(Sc2ncc[nH]2)C1. The molecule has 0 bridgehead atoms. The van der Waals surface area contributed by atoms with Crippen molar-refractivity contribution in [3.05, 3.63) is 12.4 Å². The number of aromatic amines is 1. The Balaban J connectivity index is 1.96. The van der Waals surface area contributed by atoms with Gasteiger partial charge >= 0.3 is 0 Å². The molecule has 0 spiro atoms. The molecule has 1 saturated carbocycles. The molecule has 0 aliphatic heterocycles. The molecule has 18 heavy (non-hydrogen) atoms. The maximum absolute atomic E-state index is 9.47. The number of hydrogen-bond donors (Lipinski definition) is 2. The summed E-state index contributed by atoms with van der Waals surface area (Å²) < 4.78 is 0. The van der Waals surface area contributed by atoms with Crippen molar-refractivity contribution in [2.75, 3.05) is 6.54 Å². The molecular formula is C13H20N4S. The van der Waals surface area contributed by atoms with Crippen molar-refractivity contribution in [1.82, 2.24) is 15.3 Å². The Kier molecular flexibility index (Phi) is 4.67. The van der Waals surface area contributed by atoms with Gasteiger partial charge in [0.05, 0.1) is 6.07 Å². The van der Waals surface area contributed by atoms with Gasteiger partial charge in [-0.1, -0.05) is 18.7 Å². The molecule has 5 heteroatoms. The standard InChI is InChI=1S/C13H20N4S/c1-2-6-17-13(10-14)5-3-4-11(9-13)18-12-15-7-8-16-12/h7-8,11,17H,2-6,9H2,1H3,(H,15,16). The summed E-state index contributed by atoms with van der Waals surface area (Å²) in [5.74, 6) is 0. The summed E-state index contributed by atoms with van der Waals surface area (Å²) in [5, 5.41) is 14.3. The largest absolute Gasteiger partial charge is 0.340 e. The van der Waals surface area contributed by atoms with Gasteiger partial charge < -0.3 is 4.98 Å². The molecule has 98 valence electrons. The quantitative estimate of drug-likeness (QED) is 0.858. The average Bonchev–Trinajstić information content (AvgIpc) is 2.90. The smallest absolute Gasteiger partial charge is 0.165 e. The molecule has 2 rings (SSSR count). The van der Waals surface area contributed by atoms with Gasteiger partial charge in [0.2, 0.25) is 0 Å². The van der Waals surface area contributed by atoms with Gasteiger partial charge in [-0.05, 0) is 38.6 Å². The topological polar surface area (TPSA) is 64.5 Å². The Labute approximate surface area is 113 Å². The molecule has 1 aromatic rings. The zero-order chi connectivity index (χ0) is 12.8. The van der Waals surface area contributed by atoms with Gasteiger partial charge in [0, 0.05) is 17.6 Å². The highest BCUT2D eigenvalue weighted by Crippen LogP contribution is 2.36. The summed E-state index contributed by atoms with van der Waals surface area (Å²) in [7, 11) is 0. The van der Waals surface area contributed by atoms with E-state index in [2.05, 4.69) is 28.3 Å². The lowest BCUT2D eigenvalue weighted by atomic mass is 9.82. The van der Waals surface area contributed by atoms with Crippen LogP contribution in [0.3, 0.4) is 0 Å². The van der Waals surface area contributed by atoms with Crippen LogP contribution in [0.4, 0.5) is 0 Å². The molecule has 1 aliphatic rings. The number of thioether (sulfide) groups is 1. The van der Waals surface area contributed by atoms with Gasteiger partial charge in [-0.3, -0.25) is 5.32 Å². The molecule has 0 amide bonds. The van der Waals surface area contributed by atoms with E-state index in [-0.39, 0.29) is 5.54 Å². The summed E-state index contributed by atoms with van der Waals surface area (Å²) >= 11 is 1.76. The Morgan fingerprint density at radius 1 is 1.72 bits per heavy atom. The van der Waals surface area contributed by atoms with Crippen LogP contribution in [-0.4, -0.2) is 27.3 Å². The fourth-order valence-electron chi connectivity index (χ4n) is 2.46. The second-order valence-electron chi connectivity index (χ2n) is 4.85. The van der Waals surface area contributed by atoms with E-state index in [4.69, 9.17) is 0 Å². The predicted octanol–water partition coefficient (Wildman–Crippen LogP) is 2.71. The van der Waals surface area contributed by atoms with E-state index in [1.54, 1.807) is 18.0 Å². The Morgan fingerprint density at radius 2 is 2.61 bits per heavy atom. The third-order valence-electron chi connectivity index (χ3n) is 3.38. The maximum Gasteiger partial charge on any atom is 0.165 e. The number of hydrogen-bond acceptors (Lipinski definition) is 4. The van der Waals surface area contributed by atoms with E-state index in [1.807, 2.05) is 6.20 Å². The van der Waals surface area contributed by atoms with Crippen molar-refractivity contribution < 1.29 is 0 Å². The third-order valence-corrected chi connectivity index (χ3v) is 4.57. The fraction of sp³-hybridized carbons (Fsp3) is 0.692. The van der Waals surface area contributed by atoms with Crippen molar-refractivity contribution in [2.24, 2.45) is 0 Å². The second kappa shape index (κ2) is 6.26. The minimum atomic E-state index is -0.321. The van der Waals surface area contributed by atoms with Crippen LogP contribution in [0, 0.1) is 11.3 Å². The lowest BCUT2D eigenvalue weighted by molar-refractivity contribution is 0.304. The van der Waals surface area contributed by atoms with Gasteiger partial charge in [0.1, 0.15) is 5.54 Å². The van der Waals surface area contributed by atoms with Crippen LogP contribution in [0.2, 0.25) is 0 Å². The number of H-pyrrole nitrogens is 1. The van der Waals surface area contributed by atoms with Crippen molar-refractivity contribution >= 4 is 11.8 Å². The third kappa shape index (κ3) is 3.27.